The van der Waals surface area contributed by atoms with Gasteiger partial charge in [-0.05, 0) is 38.0 Å². The molecule has 1 aromatic rings. The molecule has 0 fully saturated rings. The van der Waals surface area contributed by atoms with Gasteiger partial charge in [0.05, 0.1) is 5.54 Å². The standard InChI is InChI=1S/C14H17N/c1-10-5-7-12(8-6-10)13-9-11(2)15-14(13,3)4/h5-9,15H,2H2,1,3-4H3. The first kappa shape index (κ1) is 10.0. The first-order chi connectivity index (χ1) is 6.99. The minimum atomic E-state index is -0.00760. The Morgan fingerprint density at radius 1 is 1.13 bits per heavy atom. The lowest BCUT2D eigenvalue weighted by Gasteiger charge is -2.24. The van der Waals surface area contributed by atoms with Crippen molar-refractivity contribution in [2.45, 2.75) is 26.3 Å². The lowest BCUT2D eigenvalue weighted by molar-refractivity contribution is 0.579. The summed E-state index contributed by atoms with van der Waals surface area (Å²) < 4.78 is 0. The highest BCUT2D eigenvalue weighted by atomic mass is 15.0. The van der Waals surface area contributed by atoms with Crippen molar-refractivity contribution >= 4 is 5.57 Å². The van der Waals surface area contributed by atoms with Crippen LogP contribution < -0.4 is 5.32 Å². The molecular formula is C14H17N. The molecule has 0 bridgehead atoms. The molecule has 0 atom stereocenters. The number of benzene rings is 1. The Morgan fingerprint density at radius 3 is 2.20 bits per heavy atom. The van der Waals surface area contributed by atoms with E-state index in [9.17, 15) is 0 Å². The molecule has 0 radical (unpaired) electrons. The molecule has 0 amide bonds. The molecule has 1 N–H and O–H groups in total. The van der Waals surface area contributed by atoms with Gasteiger partial charge in [-0.25, -0.2) is 0 Å². The van der Waals surface area contributed by atoms with Crippen LogP contribution in [0.5, 0.6) is 0 Å². The second-order valence-electron chi connectivity index (χ2n) is 4.70. The number of hydrogen-bond acceptors (Lipinski definition) is 1. The monoisotopic (exact) mass is 199 g/mol. The number of rotatable bonds is 1. The Labute approximate surface area is 91.5 Å². The summed E-state index contributed by atoms with van der Waals surface area (Å²) in [6.45, 7) is 10.4. The summed E-state index contributed by atoms with van der Waals surface area (Å²) in [5, 5.41) is 3.37. The van der Waals surface area contributed by atoms with Crippen LogP contribution in [0.3, 0.4) is 0 Å². The fourth-order valence-corrected chi connectivity index (χ4v) is 2.04. The average Bonchev–Trinajstić information content (AvgIpc) is 2.41. The minimum absolute atomic E-state index is 0.00760. The molecule has 0 saturated carbocycles. The summed E-state index contributed by atoms with van der Waals surface area (Å²) in [4.78, 5) is 0. The summed E-state index contributed by atoms with van der Waals surface area (Å²) in [7, 11) is 0. The highest BCUT2D eigenvalue weighted by molar-refractivity contribution is 5.77. The van der Waals surface area contributed by atoms with Gasteiger partial charge >= 0.3 is 0 Å². The average molecular weight is 199 g/mol. The van der Waals surface area contributed by atoms with E-state index in [-0.39, 0.29) is 5.54 Å². The molecule has 1 aromatic carbocycles. The molecule has 1 heterocycles. The van der Waals surface area contributed by atoms with Gasteiger partial charge in [0, 0.05) is 5.70 Å². The molecule has 1 aliphatic rings. The molecule has 0 unspecified atom stereocenters. The van der Waals surface area contributed by atoms with E-state index in [1.807, 2.05) is 0 Å². The molecule has 1 nitrogen and oxygen atoms in total. The second kappa shape index (κ2) is 3.27. The molecule has 0 aliphatic carbocycles. The van der Waals surface area contributed by atoms with Gasteiger partial charge in [0.2, 0.25) is 0 Å². The Bertz CT molecular complexity index is 421. The van der Waals surface area contributed by atoms with E-state index in [2.05, 4.69) is 63.0 Å². The third kappa shape index (κ3) is 1.82. The normalized spacial score (nSPS) is 18.6. The summed E-state index contributed by atoms with van der Waals surface area (Å²) >= 11 is 0. The van der Waals surface area contributed by atoms with Crippen LogP contribution in [-0.4, -0.2) is 5.54 Å². The van der Waals surface area contributed by atoms with Gasteiger partial charge in [0.1, 0.15) is 0 Å². The number of allylic oxidation sites excluding steroid dienone is 1. The molecule has 1 heteroatoms. The van der Waals surface area contributed by atoms with Crippen molar-refractivity contribution in [2.75, 3.05) is 0 Å². The van der Waals surface area contributed by atoms with E-state index in [1.165, 1.54) is 16.7 Å². The van der Waals surface area contributed by atoms with E-state index in [0.29, 0.717) is 0 Å². The Hall–Kier alpha value is -1.50. The van der Waals surface area contributed by atoms with Crippen LogP contribution in [0.15, 0.2) is 42.6 Å². The topological polar surface area (TPSA) is 12.0 Å². The highest BCUT2D eigenvalue weighted by Crippen LogP contribution is 2.33. The predicted octanol–water partition coefficient (Wildman–Crippen LogP) is 3.27. The second-order valence-corrected chi connectivity index (χ2v) is 4.70. The maximum Gasteiger partial charge on any atom is 0.0575 e. The maximum atomic E-state index is 3.96. The molecule has 78 valence electrons. The van der Waals surface area contributed by atoms with Crippen LogP contribution in [0.25, 0.3) is 5.57 Å². The van der Waals surface area contributed by atoms with Gasteiger partial charge < -0.3 is 5.32 Å². The van der Waals surface area contributed by atoms with Crippen LogP contribution in [0.1, 0.15) is 25.0 Å². The van der Waals surface area contributed by atoms with Crippen molar-refractivity contribution in [3.8, 4) is 0 Å². The number of nitrogens with one attached hydrogen (secondary N) is 1. The third-order valence-electron chi connectivity index (χ3n) is 2.83. The molecule has 0 aromatic heterocycles. The molecule has 0 saturated heterocycles. The van der Waals surface area contributed by atoms with Crippen molar-refractivity contribution < 1.29 is 0 Å². The van der Waals surface area contributed by atoms with Crippen molar-refractivity contribution in [2.24, 2.45) is 0 Å². The van der Waals surface area contributed by atoms with Crippen LogP contribution in [-0.2, 0) is 0 Å². The molecule has 15 heavy (non-hydrogen) atoms. The van der Waals surface area contributed by atoms with E-state index in [0.717, 1.165) is 5.70 Å². The summed E-state index contributed by atoms with van der Waals surface area (Å²) in [5.74, 6) is 0. The van der Waals surface area contributed by atoms with Crippen LogP contribution in [0.2, 0.25) is 0 Å². The van der Waals surface area contributed by atoms with Crippen molar-refractivity contribution in [3.05, 3.63) is 53.7 Å². The molecule has 2 rings (SSSR count). The smallest absolute Gasteiger partial charge is 0.0575 e. The van der Waals surface area contributed by atoms with Gasteiger partial charge in [0.15, 0.2) is 0 Å². The first-order valence-corrected chi connectivity index (χ1v) is 5.25. The Balaban J connectivity index is 2.43. The number of aryl methyl sites for hydroxylation is 1. The van der Waals surface area contributed by atoms with Crippen LogP contribution in [0, 0.1) is 6.92 Å². The van der Waals surface area contributed by atoms with Crippen molar-refractivity contribution in [3.63, 3.8) is 0 Å². The van der Waals surface area contributed by atoms with Gasteiger partial charge in [0.25, 0.3) is 0 Å². The SMILES string of the molecule is C=C1C=C(c2ccc(C)cc2)C(C)(C)N1. The van der Waals surface area contributed by atoms with E-state index in [4.69, 9.17) is 0 Å². The third-order valence-corrected chi connectivity index (χ3v) is 2.83. The molecular weight excluding hydrogens is 182 g/mol. The lowest BCUT2D eigenvalue weighted by Crippen LogP contribution is -2.34. The largest absolute Gasteiger partial charge is 0.377 e. The van der Waals surface area contributed by atoms with Gasteiger partial charge in [-0.15, -0.1) is 0 Å². The molecule has 1 aliphatic heterocycles. The van der Waals surface area contributed by atoms with Crippen molar-refractivity contribution in [1.82, 2.24) is 5.32 Å². The summed E-state index contributed by atoms with van der Waals surface area (Å²) in [5.41, 5.74) is 4.87. The zero-order valence-electron chi connectivity index (χ0n) is 9.59. The van der Waals surface area contributed by atoms with E-state index < -0.39 is 0 Å². The molecule has 0 spiro atoms. The fraction of sp³-hybridized carbons (Fsp3) is 0.286. The van der Waals surface area contributed by atoms with Crippen LogP contribution >= 0.6 is 0 Å². The quantitative estimate of drug-likeness (QED) is 0.732. The maximum absolute atomic E-state index is 3.96. The lowest BCUT2D eigenvalue weighted by atomic mass is 9.90. The minimum Gasteiger partial charge on any atom is -0.377 e. The van der Waals surface area contributed by atoms with E-state index >= 15 is 0 Å². The van der Waals surface area contributed by atoms with Gasteiger partial charge in [-0.1, -0.05) is 36.4 Å². The first-order valence-electron chi connectivity index (χ1n) is 5.25. The summed E-state index contributed by atoms with van der Waals surface area (Å²) in [6, 6.07) is 8.63. The number of hydrogen-bond donors (Lipinski definition) is 1. The Kier molecular flexibility index (Phi) is 2.18. The predicted molar refractivity (Wildman–Crippen MR) is 65.5 cm³/mol. The zero-order valence-corrected chi connectivity index (χ0v) is 9.59. The summed E-state index contributed by atoms with van der Waals surface area (Å²) in [6.07, 6.45) is 2.13. The Morgan fingerprint density at radius 2 is 1.73 bits per heavy atom. The van der Waals surface area contributed by atoms with Gasteiger partial charge in [-0.2, -0.15) is 0 Å². The van der Waals surface area contributed by atoms with Crippen LogP contribution in [0.4, 0.5) is 0 Å². The zero-order chi connectivity index (χ0) is 11.1. The fourth-order valence-electron chi connectivity index (χ4n) is 2.04. The van der Waals surface area contributed by atoms with Gasteiger partial charge in [-0.3, -0.25) is 0 Å². The highest BCUT2D eigenvalue weighted by Gasteiger charge is 2.29. The van der Waals surface area contributed by atoms with E-state index in [1.54, 1.807) is 0 Å². The van der Waals surface area contributed by atoms with Crippen molar-refractivity contribution in [1.29, 1.82) is 0 Å².